The van der Waals surface area contributed by atoms with E-state index in [1.54, 1.807) is 6.20 Å². The highest BCUT2D eigenvalue weighted by Gasteiger charge is 2.20. The highest BCUT2D eigenvalue weighted by molar-refractivity contribution is 7.19. The number of amides is 1. The number of hydrogen-bond acceptors (Lipinski definition) is 8. The number of thiophene rings is 1. The van der Waals surface area contributed by atoms with Crippen LogP contribution in [0.5, 0.6) is 10.8 Å². The average molecular weight is 438 g/mol. The molecule has 0 aliphatic rings. The fourth-order valence-corrected chi connectivity index (χ4v) is 4.09. The Morgan fingerprint density at radius 1 is 1.10 bits per heavy atom. The molecule has 0 saturated heterocycles. The number of ether oxygens (including phenoxy) is 1. The highest BCUT2D eigenvalue weighted by atomic mass is 32.1. The molecule has 1 aromatic carbocycles. The number of rotatable bonds is 6. The third-order valence-corrected chi connectivity index (χ3v) is 5.84. The number of aryl methyl sites for hydroxylation is 1. The Kier molecular flexibility index (Phi) is 5.50. The molecule has 0 bridgehead atoms. The first-order valence-corrected chi connectivity index (χ1v) is 10.4. The maximum absolute atomic E-state index is 12.5. The number of aromatic nitrogens is 2. The van der Waals surface area contributed by atoms with E-state index in [1.807, 2.05) is 49.4 Å². The van der Waals surface area contributed by atoms with E-state index in [0.29, 0.717) is 21.6 Å². The molecule has 150 valence electrons. The third-order valence-electron chi connectivity index (χ3n) is 3.95. The number of nitrogens with one attached hydrogen (secondary N) is 1. The Labute approximate surface area is 179 Å². The Bertz CT molecular complexity index is 1200. The van der Waals surface area contributed by atoms with E-state index in [1.165, 1.54) is 23.5 Å². The molecule has 3 heterocycles. The molecule has 0 unspecified atom stereocenters. The molecule has 3 aromatic heterocycles. The second kappa shape index (κ2) is 8.39. The first-order chi connectivity index (χ1) is 14.5. The lowest BCUT2D eigenvalue weighted by atomic mass is 10.2. The second-order valence-corrected chi connectivity index (χ2v) is 8.13. The standard InChI is InChI=1S/C20H14N4O4S2/c1-12-7-8-13(11-21-12)17-19(28-14-5-3-2-4-6-14)30-20(22-17)23-18(25)15-9-10-16(29-15)24(26)27/h2-11H,1H3,(H,22,23,25). The van der Waals surface area contributed by atoms with Crippen LogP contribution < -0.4 is 10.1 Å². The van der Waals surface area contributed by atoms with Crippen LogP contribution in [-0.2, 0) is 0 Å². The molecule has 1 amide bonds. The summed E-state index contributed by atoms with van der Waals surface area (Å²) in [7, 11) is 0. The van der Waals surface area contributed by atoms with Crippen LogP contribution in [0.2, 0.25) is 0 Å². The molecule has 0 spiro atoms. The van der Waals surface area contributed by atoms with Gasteiger partial charge in [0, 0.05) is 23.5 Å². The van der Waals surface area contributed by atoms with Crippen LogP contribution in [-0.4, -0.2) is 20.8 Å². The molecule has 8 nitrogen and oxygen atoms in total. The number of nitro groups is 1. The lowest BCUT2D eigenvalue weighted by molar-refractivity contribution is -0.380. The first-order valence-electron chi connectivity index (χ1n) is 8.72. The molecule has 0 atom stereocenters. The van der Waals surface area contributed by atoms with Crippen LogP contribution in [0, 0.1) is 17.0 Å². The number of benzene rings is 1. The van der Waals surface area contributed by atoms with E-state index < -0.39 is 10.8 Å². The van der Waals surface area contributed by atoms with Gasteiger partial charge in [-0.25, -0.2) is 4.98 Å². The molecule has 0 radical (unpaired) electrons. The van der Waals surface area contributed by atoms with Gasteiger partial charge < -0.3 is 4.74 Å². The number of pyridine rings is 1. The minimum Gasteiger partial charge on any atom is -0.444 e. The second-order valence-electron chi connectivity index (χ2n) is 6.11. The highest BCUT2D eigenvalue weighted by Crippen LogP contribution is 2.40. The lowest BCUT2D eigenvalue weighted by Gasteiger charge is -2.05. The zero-order valence-electron chi connectivity index (χ0n) is 15.6. The summed E-state index contributed by atoms with van der Waals surface area (Å²) in [6.45, 7) is 1.89. The van der Waals surface area contributed by atoms with Crippen molar-refractivity contribution in [3.8, 4) is 22.1 Å². The molecule has 4 rings (SSSR count). The van der Waals surface area contributed by atoms with Gasteiger partial charge in [-0.2, -0.15) is 0 Å². The maximum Gasteiger partial charge on any atom is 0.324 e. The van der Waals surface area contributed by atoms with Gasteiger partial charge in [0.25, 0.3) is 5.91 Å². The summed E-state index contributed by atoms with van der Waals surface area (Å²) in [6.07, 6.45) is 1.69. The van der Waals surface area contributed by atoms with Crippen molar-refractivity contribution in [2.75, 3.05) is 5.32 Å². The normalized spacial score (nSPS) is 10.6. The van der Waals surface area contributed by atoms with Gasteiger partial charge in [0.2, 0.25) is 5.06 Å². The fraction of sp³-hybridized carbons (Fsp3) is 0.0500. The topological polar surface area (TPSA) is 107 Å². The largest absolute Gasteiger partial charge is 0.444 e. The average Bonchev–Trinajstić information content (AvgIpc) is 3.37. The van der Waals surface area contributed by atoms with Crippen molar-refractivity contribution in [1.29, 1.82) is 0 Å². The minimum atomic E-state index is -0.529. The van der Waals surface area contributed by atoms with Crippen molar-refractivity contribution in [1.82, 2.24) is 9.97 Å². The summed E-state index contributed by atoms with van der Waals surface area (Å²) in [5.41, 5.74) is 2.16. The van der Waals surface area contributed by atoms with Gasteiger partial charge in [-0.15, -0.1) is 0 Å². The van der Waals surface area contributed by atoms with Gasteiger partial charge in [0.1, 0.15) is 11.4 Å². The molecule has 0 fully saturated rings. The van der Waals surface area contributed by atoms with Crippen LogP contribution in [0.4, 0.5) is 10.1 Å². The maximum atomic E-state index is 12.5. The van der Waals surface area contributed by atoms with E-state index >= 15 is 0 Å². The van der Waals surface area contributed by atoms with Crippen LogP contribution in [0.1, 0.15) is 15.4 Å². The molecule has 10 heteroatoms. The summed E-state index contributed by atoms with van der Waals surface area (Å²) in [5.74, 6) is 0.163. The molecule has 0 aliphatic carbocycles. The predicted octanol–water partition coefficient (Wildman–Crippen LogP) is 5.53. The van der Waals surface area contributed by atoms with E-state index in [-0.39, 0.29) is 9.88 Å². The number of hydrogen-bond donors (Lipinski definition) is 1. The summed E-state index contributed by atoms with van der Waals surface area (Å²) in [6, 6.07) is 15.7. The first kappa shape index (κ1) is 19.7. The molecule has 30 heavy (non-hydrogen) atoms. The lowest BCUT2D eigenvalue weighted by Crippen LogP contribution is -2.09. The van der Waals surface area contributed by atoms with Gasteiger partial charge >= 0.3 is 5.00 Å². The van der Waals surface area contributed by atoms with E-state index in [4.69, 9.17) is 4.74 Å². The van der Waals surface area contributed by atoms with E-state index in [0.717, 1.165) is 22.6 Å². The van der Waals surface area contributed by atoms with Crippen LogP contribution in [0.25, 0.3) is 11.3 Å². The van der Waals surface area contributed by atoms with Gasteiger partial charge in [0.15, 0.2) is 5.13 Å². The number of para-hydroxylation sites is 1. The van der Waals surface area contributed by atoms with Gasteiger partial charge in [-0.05, 0) is 37.3 Å². The monoisotopic (exact) mass is 438 g/mol. The number of thiazole rings is 1. The Morgan fingerprint density at radius 3 is 2.57 bits per heavy atom. The quantitative estimate of drug-likeness (QED) is 0.313. The summed E-state index contributed by atoms with van der Waals surface area (Å²) in [5, 5.41) is 14.3. The Balaban J connectivity index is 1.64. The van der Waals surface area contributed by atoms with Gasteiger partial charge in [-0.3, -0.25) is 25.2 Å². The summed E-state index contributed by atoms with van der Waals surface area (Å²) >= 11 is 1.97. The predicted molar refractivity (Wildman–Crippen MR) is 116 cm³/mol. The van der Waals surface area contributed by atoms with Crippen LogP contribution >= 0.6 is 22.7 Å². The number of anilines is 1. The Morgan fingerprint density at radius 2 is 1.90 bits per heavy atom. The zero-order valence-corrected chi connectivity index (χ0v) is 17.2. The third kappa shape index (κ3) is 4.34. The van der Waals surface area contributed by atoms with Gasteiger partial charge in [0.05, 0.1) is 9.80 Å². The fourth-order valence-electron chi connectivity index (χ4n) is 2.52. The number of carbonyl (C=O) groups is 1. The molecule has 0 saturated carbocycles. The molecule has 0 aliphatic heterocycles. The van der Waals surface area contributed by atoms with Crippen molar-refractivity contribution in [2.45, 2.75) is 6.92 Å². The smallest absolute Gasteiger partial charge is 0.324 e. The van der Waals surface area contributed by atoms with E-state index in [9.17, 15) is 14.9 Å². The van der Waals surface area contributed by atoms with Crippen molar-refractivity contribution in [2.24, 2.45) is 0 Å². The van der Waals surface area contributed by atoms with Crippen molar-refractivity contribution < 1.29 is 14.5 Å². The van der Waals surface area contributed by atoms with Crippen molar-refractivity contribution in [3.63, 3.8) is 0 Å². The molecular formula is C20H14N4O4S2. The van der Waals surface area contributed by atoms with Crippen molar-refractivity contribution >= 4 is 38.7 Å². The number of carbonyl (C=O) groups excluding carboxylic acids is 1. The Hall–Kier alpha value is -3.63. The zero-order chi connectivity index (χ0) is 21.1. The van der Waals surface area contributed by atoms with Crippen molar-refractivity contribution in [3.05, 3.63) is 81.5 Å². The summed E-state index contributed by atoms with van der Waals surface area (Å²) in [4.78, 5) is 31.9. The van der Waals surface area contributed by atoms with E-state index in [2.05, 4.69) is 15.3 Å². The molecule has 4 aromatic rings. The van der Waals surface area contributed by atoms with Crippen LogP contribution in [0.15, 0.2) is 60.8 Å². The molecular weight excluding hydrogens is 424 g/mol. The minimum absolute atomic E-state index is 0.0983. The van der Waals surface area contributed by atoms with Crippen LogP contribution in [0.3, 0.4) is 0 Å². The number of nitrogens with zero attached hydrogens (tertiary/aromatic N) is 3. The SMILES string of the molecule is Cc1ccc(-c2nc(NC(=O)c3ccc([N+](=O)[O-])s3)sc2Oc2ccccc2)cn1. The molecule has 1 N–H and O–H groups in total. The summed E-state index contributed by atoms with van der Waals surface area (Å²) < 4.78 is 5.99. The van der Waals surface area contributed by atoms with Gasteiger partial charge in [-0.1, -0.05) is 40.9 Å².